The Morgan fingerprint density at radius 2 is 1.91 bits per heavy atom. The molecule has 1 aromatic carbocycles. The molecule has 0 bridgehead atoms. The number of ketones is 1. The number of ether oxygens (including phenoxy) is 2. The van der Waals surface area contributed by atoms with Gasteiger partial charge in [-0.05, 0) is 51.3 Å². The van der Waals surface area contributed by atoms with Crippen LogP contribution in [0.15, 0.2) is 29.1 Å². The van der Waals surface area contributed by atoms with Crippen molar-refractivity contribution in [3.05, 3.63) is 57.5 Å². The molecule has 190 valence electrons. The number of aromatic hydroxyl groups is 1. The topological polar surface area (TPSA) is 111 Å². The number of rotatable bonds is 6. The Labute approximate surface area is 203 Å². The molecule has 9 nitrogen and oxygen atoms in total. The molecule has 35 heavy (non-hydrogen) atoms. The van der Waals surface area contributed by atoms with Crippen LogP contribution < -0.4 is 5.56 Å². The fraction of sp³-hybridized carbons (Fsp3) is 0.520. The summed E-state index contributed by atoms with van der Waals surface area (Å²) in [6, 6.07) is 4.47. The van der Waals surface area contributed by atoms with Gasteiger partial charge < -0.3 is 14.6 Å². The van der Waals surface area contributed by atoms with E-state index >= 15 is 0 Å². The van der Waals surface area contributed by atoms with Crippen molar-refractivity contribution in [2.75, 3.05) is 20.3 Å². The molecule has 0 saturated heterocycles. The summed E-state index contributed by atoms with van der Waals surface area (Å²) in [4.78, 5) is 44.7. The molecule has 3 rings (SSSR count). The highest BCUT2D eigenvalue weighted by atomic mass is 19.1. The van der Waals surface area contributed by atoms with Crippen LogP contribution in [0.1, 0.15) is 74.5 Å². The van der Waals surface area contributed by atoms with Crippen LogP contribution in [0.4, 0.5) is 9.18 Å². The first-order chi connectivity index (χ1) is 16.4. The van der Waals surface area contributed by atoms with Gasteiger partial charge in [-0.2, -0.15) is 0 Å². The molecule has 2 aromatic rings. The van der Waals surface area contributed by atoms with Gasteiger partial charge >= 0.3 is 6.09 Å². The number of amides is 1. The van der Waals surface area contributed by atoms with Crippen molar-refractivity contribution in [3.63, 3.8) is 0 Å². The van der Waals surface area contributed by atoms with Gasteiger partial charge in [0.05, 0.1) is 19.3 Å². The van der Waals surface area contributed by atoms with E-state index < -0.39 is 40.9 Å². The summed E-state index contributed by atoms with van der Waals surface area (Å²) >= 11 is 0. The van der Waals surface area contributed by atoms with Crippen molar-refractivity contribution in [1.29, 1.82) is 0 Å². The number of hydrogen-bond donors (Lipinski definition) is 1. The van der Waals surface area contributed by atoms with E-state index in [2.05, 4.69) is 4.98 Å². The monoisotopic (exact) mass is 489 g/mol. The van der Waals surface area contributed by atoms with Gasteiger partial charge in [0.2, 0.25) is 5.75 Å². The molecular formula is C25H32FN3O6. The maximum Gasteiger partial charge on any atom is 0.410 e. The van der Waals surface area contributed by atoms with E-state index in [1.54, 1.807) is 32.9 Å². The zero-order chi connectivity index (χ0) is 25.9. The minimum Gasteiger partial charge on any atom is -0.501 e. The van der Waals surface area contributed by atoms with Crippen molar-refractivity contribution in [3.8, 4) is 5.75 Å². The van der Waals surface area contributed by atoms with E-state index in [9.17, 15) is 23.9 Å². The van der Waals surface area contributed by atoms with Gasteiger partial charge in [0, 0.05) is 13.5 Å². The molecule has 1 amide bonds. The van der Waals surface area contributed by atoms with Gasteiger partial charge in [-0.25, -0.2) is 14.2 Å². The number of nitrogens with zero attached hydrogens (tertiary/aromatic N) is 3. The van der Waals surface area contributed by atoms with Gasteiger partial charge in [0.15, 0.2) is 11.5 Å². The number of halogens is 1. The summed E-state index contributed by atoms with van der Waals surface area (Å²) in [5.41, 5.74) is -1.14. The number of carbonyl (C=O) groups is 2. The van der Waals surface area contributed by atoms with Crippen molar-refractivity contribution in [2.45, 2.75) is 64.6 Å². The first-order valence-electron chi connectivity index (χ1n) is 11.6. The van der Waals surface area contributed by atoms with Crippen LogP contribution in [0.2, 0.25) is 0 Å². The molecule has 2 heterocycles. The Morgan fingerprint density at radius 3 is 2.51 bits per heavy atom. The maximum atomic E-state index is 13.2. The summed E-state index contributed by atoms with van der Waals surface area (Å²) < 4.78 is 25.7. The summed E-state index contributed by atoms with van der Waals surface area (Å²) in [6.45, 7) is 7.29. The van der Waals surface area contributed by atoms with Crippen LogP contribution in [-0.2, 0) is 15.9 Å². The Balaban J connectivity index is 2.00. The number of fused-ring (bicyclic) bond motifs is 1. The highest BCUT2D eigenvalue weighted by Gasteiger charge is 2.36. The smallest absolute Gasteiger partial charge is 0.410 e. The third-order valence-electron chi connectivity index (χ3n) is 5.81. The van der Waals surface area contributed by atoms with Gasteiger partial charge in [-0.1, -0.05) is 19.1 Å². The minimum absolute atomic E-state index is 0.0344. The molecule has 0 aliphatic carbocycles. The quantitative estimate of drug-likeness (QED) is 0.615. The first kappa shape index (κ1) is 26.3. The van der Waals surface area contributed by atoms with Crippen LogP contribution in [0.25, 0.3) is 0 Å². The third kappa shape index (κ3) is 6.05. The average molecular weight is 490 g/mol. The van der Waals surface area contributed by atoms with Gasteiger partial charge in [-0.3, -0.25) is 19.1 Å². The number of likely N-dealkylation sites (N-methyl/N-ethyl adjacent to an activating group) is 1. The lowest BCUT2D eigenvalue weighted by Crippen LogP contribution is -2.41. The Morgan fingerprint density at radius 1 is 1.26 bits per heavy atom. The Kier molecular flexibility index (Phi) is 7.94. The fourth-order valence-electron chi connectivity index (χ4n) is 3.86. The van der Waals surface area contributed by atoms with Crippen LogP contribution in [0.5, 0.6) is 5.75 Å². The molecule has 0 spiro atoms. The number of aryl methyl sites for hydroxylation is 1. The molecule has 10 heteroatoms. The molecule has 1 aromatic heterocycles. The summed E-state index contributed by atoms with van der Waals surface area (Å²) in [5, 5.41) is 10.6. The summed E-state index contributed by atoms with van der Waals surface area (Å²) in [7, 11) is 1.51. The van der Waals surface area contributed by atoms with E-state index in [-0.39, 0.29) is 43.4 Å². The maximum absolute atomic E-state index is 13.2. The van der Waals surface area contributed by atoms with E-state index in [1.165, 1.54) is 28.6 Å². The van der Waals surface area contributed by atoms with Crippen molar-refractivity contribution < 1.29 is 28.6 Å². The van der Waals surface area contributed by atoms with Crippen molar-refractivity contribution in [2.24, 2.45) is 0 Å². The zero-order valence-corrected chi connectivity index (χ0v) is 20.7. The van der Waals surface area contributed by atoms with E-state index in [1.807, 2.05) is 6.92 Å². The summed E-state index contributed by atoms with van der Waals surface area (Å²) in [5.74, 6) is -1.51. The predicted octanol–water partition coefficient (Wildman–Crippen LogP) is 3.79. The van der Waals surface area contributed by atoms with E-state index in [0.29, 0.717) is 6.42 Å². The normalized spacial score (nSPS) is 17.9. The molecule has 0 unspecified atom stereocenters. The molecule has 0 saturated carbocycles. The average Bonchev–Trinajstić information content (AvgIpc) is 2.98. The first-order valence-corrected chi connectivity index (χ1v) is 11.6. The zero-order valence-electron chi connectivity index (χ0n) is 20.7. The van der Waals surface area contributed by atoms with Crippen molar-refractivity contribution >= 4 is 11.9 Å². The number of benzene rings is 1. The number of aromatic nitrogens is 2. The highest BCUT2D eigenvalue weighted by molar-refractivity contribution is 5.96. The molecule has 1 aliphatic rings. The second-order valence-corrected chi connectivity index (χ2v) is 9.60. The van der Waals surface area contributed by atoms with Crippen LogP contribution in [0, 0.1) is 5.82 Å². The second kappa shape index (κ2) is 10.6. The largest absolute Gasteiger partial charge is 0.501 e. The van der Waals surface area contributed by atoms with Crippen LogP contribution >= 0.6 is 0 Å². The van der Waals surface area contributed by atoms with Gasteiger partial charge in [0.1, 0.15) is 23.3 Å². The SMILES string of the molecule is CC[C@H]1COC[C@@H](N(C)C(=O)OC(C)(C)C)c2nc(C(=O)CCc3ccc(F)cc3)c(O)c(=O)n21. The fourth-order valence-corrected chi connectivity index (χ4v) is 3.86. The van der Waals surface area contributed by atoms with E-state index in [0.717, 1.165) is 5.56 Å². The Bertz CT molecular complexity index is 1140. The molecular weight excluding hydrogens is 457 g/mol. The lowest BCUT2D eigenvalue weighted by atomic mass is 10.0. The van der Waals surface area contributed by atoms with Gasteiger partial charge in [-0.15, -0.1) is 0 Å². The van der Waals surface area contributed by atoms with Gasteiger partial charge in [0.25, 0.3) is 5.56 Å². The molecule has 0 fully saturated rings. The van der Waals surface area contributed by atoms with Crippen molar-refractivity contribution in [1.82, 2.24) is 14.5 Å². The predicted molar refractivity (Wildman–Crippen MR) is 126 cm³/mol. The lowest BCUT2D eigenvalue weighted by molar-refractivity contribution is 0.00824. The lowest BCUT2D eigenvalue weighted by Gasteiger charge is -2.30. The third-order valence-corrected chi connectivity index (χ3v) is 5.81. The van der Waals surface area contributed by atoms with E-state index in [4.69, 9.17) is 9.47 Å². The minimum atomic E-state index is -0.821. The molecule has 1 N–H and O–H groups in total. The van der Waals surface area contributed by atoms with Crippen LogP contribution in [-0.4, -0.2) is 57.3 Å². The van der Waals surface area contributed by atoms with Crippen LogP contribution in [0.3, 0.4) is 0 Å². The molecule has 0 radical (unpaired) electrons. The highest BCUT2D eigenvalue weighted by Crippen LogP contribution is 2.29. The number of hydrogen-bond acceptors (Lipinski definition) is 7. The number of Topliss-reactive ketones (excluding diaryl/α,β-unsaturated/α-hetero) is 1. The molecule has 1 aliphatic heterocycles. The molecule has 2 atom stereocenters. The number of carbonyl (C=O) groups excluding carboxylic acids is 2. The summed E-state index contributed by atoms with van der Waals surface area (Å²) in [6.07, 6.45) is 0.101. The second-order valence-electron chi connectivity index (χ2n) is 9.60. The standard InChI is InChI=1S/C25H32FN3O6/c1-6-17-13-34-14-18(28(5)24(33)35-25(2,3)4)22-27-20(21(31)23(32)29(17)22)19(30)12-9-15-7-10-16(26)11-8-15/h7-8,10-11,17-18,31H,6,9,12-14H2,1-5H3/t17-,18+/m0/s1. The Hall–Kier alpha value is -3.27.